The van der Waals surface area contributed by atoms with Crippen LogP contribution in [0.4, 0.5) is 11.4 Å². The molecule has 0 bridgehead atoms. The first-order chi connectivity index (χ1) is 16.8. The summed E-state index contributed by atoms with van der Waals surface area (Å²) in [4.78, 5) is 39.2. The van der Waals surface area contributed by atoms with Crippen LogP contribution < -0.4 is 25.4 Å². The van der Waals surface area contributed by atoms with Crippen LogP contribution in [0.25, 0.3) is 11.6 Å². The second kappa shape index (κ2) is 13.9. The van der Waals surface area contributed by atoms with Crippen LogP contribution in [0.15, 0.2) is 41.7 Å². The minimum absolute atomic E-state index is 0.0242. The third-order valence-electron chi connectivity index (χ3n) is 4.84. The molecule has 0 aliphatic heterocycles. The molecule has 1 amide bonds. The molecule has 1 heterocycles. The summed E-state index contributed by atoms with van der Waals surface area (Å²) in [5.74, 6) is -0.882. The van der Waals surface area contributed by atoms with Crippen LogP contribution in [0.5, 0.6) is 0 Å². The largest absolute Gasteiger partial charge is 0.457 e. The average molecular weight is 498 g/mol. The number of benzene rings is 1. The molecule has 35 heavy (non-hydrogen) atoms. The van der Waals surface area contributed by atoms with Gasteiger partial charge in [-0.15, -0.1) is 11.3 Å². The van der Waals surface area contributed by atoms with Crippen molar-refractivity contribution in [3.8, 4) is 6.07 Å². The van der Waals surface area contributed by atoms with Crippen LogP contribution in [-0.2, 0) is 20.9 Å². The first-order valence-electron chi connectivity index (χ1n) is 11.3. The standard InChI is InChI=1S/C25H31N5O4S/c1-5-13-29(4)17-22(31)28-19-10-8-9-18(15-19)27-12-11-21-23(32)30(7-3)24(35-21)20(16-26)25(33)34-14-6-2/h6,8-11,15,27H,2,5,7,12-14,17H2,1,3-4H3,(H,28,31)/b21-11?,24-20-. The number of esters is 1. The molecule has 0 fully saturated rings. The van der Waals surface area contributed by atoms with E-state index >= 15 is 0 Å². The predicted molar refractivity (Wildman–Crippen MR) is 139 cm³/mol. The van der Waals surface area contributed by atoms with Gasteiger partial charge < -0.3 is 15.4 Å². The zero-order valence-corrected chi connectivity index (χ0v) is 21.1. The summed E-state index contributed by atoms with van der Waals surface area (Å²) < 4.78 is 7.03. The van der Waals surface area contributed by atoms with E-state index in [9.17, 15) is 19.6 Å². The smallest absolute Gasteiger partial charge is 0.352 e. The maximum Gasteiger partial charge on any atom is 0.352 e. The molecule has 0 saturated carbocycles. The Morgan fingerprint density at radius 2 is 2.06 bits per heavy atom. The highest BCUT2D eigenvalue weighted by Crippen LogP contribution is 2.15. The molecule has 1 aromatic carbocycles. The number of anilines is 2. The molecule has 2 N–H and O–H groups in total. The highest BCUT2D eigenvalue weighted by Gasteiger charge is 2.16. The molecule has 0 aliphatic carbocycles. The maximum absolute atomic E-state index is 12.8. The Kier molecular flexibility index (Phi) is 10.9. The second-order valence-electron chi connectivity index (χ2n) is 7.65. The van der Waals surface area contributed by atoms with Gasteiger partial charge in [-0.25, -0.2) is 4.79 Å². The normalized spacial score (nSPS) is 12.1. The molecule has 0 radical (unpaired) electrons. The number of carbonyl (C=O) groups is 2. The fourth-order valence-electron chi connectivity index (χ4n) is 3.29. The first-order valence-corrected chi connectivity index (χ1v) is 12.1. The van der Waals surface area contributed by atoms with Crippen molar-refractivity contribution in [1.29, 1.82) is 5.26 Å². The van der Waals surface area contributed by atoms with Gasteiger partial charge >= 0.3 is 5.97 Å². The molecule has 9 nitrogen and oxygen atoms in total. The molecule has 1 aromatic heterocycles. The van der Waals surface area contributed by atoms with Crippen LogP contribution in [0.2, 0.25) is 0 Å². The zero-order chi connectivity index (χ0) is 25.8. The fourth-order valence-corrected chi connectivity index (χ4v) is 4.42. The van der Waals surface area contributed by atoms with E-state index in [4.69, 9.17) is 4.74 Å². The van der Waals surface area contributed by atoms with E-state index in [1.165, 1.54) is 10.6 Å². The minimum atomic E-state index is -0.791. The van der Waals surface area contributed by atoms with Gasteiger partial charge in [-0.3, -0.25) is 19.1 Å². The van der Waals surface area contributed by atoms with Crippen LogP contribution in [0.3, 0.4) is 0 Å². The molecular formula is C25H31N5O4S. The van der Waals surface area contributed by atoms with Crippen molar-refractivity contribution >= 4 is 46.2 Å². The summed E-state index contributed by atoms with van der Waals surface area (Å²) >= 11 is 1.07. The lowest BCUT2D eigenvalue weighted by molar-refractivity contribution is -0.135. The minimum Gasteiger partial charge on any atom is -0.457 e. The summed E-state index contributed by atoms with van der Waals surface area (Å²) in [6.07, 6.45) is 4.09. The average Bonchev–Trinajstić information content (AvgIpc) is 3.13. The Labute approximate surface area is 208 Å². The van der Waals surface area contributed by atoms with Gasteiger partial charge in [0.2, 0.25) is 5.91 Å². The Morgan fingerprint density at radius 1 is 1.31 bits per heavy atom. The van der Waals surface area contributed by atoms with Gasteiger partial charge in [0.15, 0.2) is 5.57 Å². The number of rotatable bonds is 12. The van der Waals surface area contributed by atoms with Crippen LogP contribution in [-0.4, -0.2) is 54.6 Å². The van der Waals surface area contributed by atoms with Crippen molar-refractivity contribution in [2.24, 2.45) is 0 Å². The number of hydrogen-bond acceptors (Lipinski definition) is 8. The number of thiazole rings is 1. The maximum atomic E-state index is 12.8. The molecule has 10 heteroatoms. The van der Waals surface area contributed by atoms with Gasteiger partial charge in [-0.05, 0) is 51.2 Å². The number of ether oxygens (including phenoxy) is 1. The molecule has 0 unspecified atom stereocenters. The van der Waals surface area contributed by atoms with Gasteiger partial charge in [0.05, 0.1) is 11.1 Å². The van der Waals surface area contributed by atoms with Gasteiger partial charge in [0.25, 0.3) is 5.56 Å². The Morgan fingerprint density at radius 3 is 2.71 bits per heavy atom. The summed E-state index contributed by atoms with van der Waals surface area (Å²) in [6.45, 7) is 9.09. The SMILES string of the molecule is C=CCOC(=O)/C(C#N)=c1\sc(=CCNc2cccc(NC(=O)CN(C)CCC)c2)c(=O)n1CC. The Balaban J connectivity index is 2.19. The molecule has 0 atom stereocenters. The van der Waals surface area contributed by atoms with E-state index in [-0.39, 0.29) is 28.3 Å². The quantitative estimate of drug-likeness (QED) is 0.337. The van der Waals surface area contributed by atoms with E-state index in [1.807, 2.05) is 42.3 Å². The lowest BCUT2D eigenvalue weighted by atomic mass is 10.2. The number of amides is 1. The molecule has 0 spiro atoms. The lowest BCUT2D eigenvalue weighted by Gasteiger charge is -2.15. The van der Waals surface area contributed by atoms with Crippen LogP contribution >= 0.6 is 11.3 Å². The van der Waals surface area contributed by atoms with Gasteiger partial charge in [0.1, 0.15) is 17.3 Å². The summed E-state index contributed by atoms with van der Waals surface area (Å²) in [5, 5.41) is 15.6. The number of likely N-dealkylation sites (N-methyl/N-ethyl adjacent to an activating group) is 1. The summed E-state index contributed by atoms with van der Waals surface area (Å²) in [6, 6.07) is 9.16. The summed E-state index contributed by atoms with van der Waals surface area (Å²) in [5.41, 5.74) is 0.945. The Bertz CT molecular complexity index is 1270. The van der Waals surface area contributed by atoms with Crippen LogP contribution in [0, 0.1) is 11.3 Å². The van der Waals surface area contributed by atoms with Crippen LogP contribution in [0.1, 0.15) is 20.3 Å². The van der Waals surface area contributed by atoms with Gasteiger partial charge in [-0.2, -0.15) is 5.26 Å². The third-order valence-corrected chi connectivity index (χ3v) is 6.02. The number of hydrogen-bond donors (Lipinski definition) is 2. The van der Waals surface area contributed by atoms with Crippen molar-refractivity contribution in [2.75, 3.05) is 43.9 Å². The monoisotopic (exact) mass is 497 g/mol. The van der Waals surface area contributed by atoms with Crippen molar-refractivity contribution < 1.29 is 14.3 Å². The molecular weight excluding hydrogens is 466 g/mol. The second-order valence-corrected chi connectivity index (χ2v) is 8.68. The van der Waals surface area contributed by atoms with Crippen molar-refractivity contribution in [3.05, 3.63) is 56.5 Å². The van der Waals surface area contributed by atoms with E-state index in [0.717, 1.165) is 30.0 Å². The zero-order valence-electron chi connectivity index (χ0n) is 20.3. The molecule has 2 aromatic rings. The van der Waals surface area contributed by atoms with E-state index < -0.39 is 5.97 Å². The molecule has 186 valence electrons. The number of nitriles is 1. The summed E-state index contributed by atoms with van der Waals surface area (Å²) in [7, 11) is 1.90. The van der Waals surface area contributed by atoms with E-state index in [0.29, 0.717) is 29.9 Å². The number of nitrogens with zero attached hydrogens (tertiary/aromatic N) is 3. The van der Waals surface area contributed by atoms with Crippen molar-refractivity contribution in [1.82, 2.24) is 9.47 Å². The van der Waals surface area contributed by atoms with Crippen molar-refractivity contribution in [3.63, 3.8) is 0 Å². The number of nitrogens with one attached hydrogen (secondary N) is 2. The fraction of sp³-hybridized carbons (Fsp3) is 0.360. The predicted octanol–water partition coefficient (Wildman–Crippen LogP) is 1.51. The van der Waals surface area contributed by atoms with E-state index in [1.54, 1.807) is 13.0 Å². The number of carbonyl (C=O) groups excluding carboxylic acids is 2. The highest BCUT2D eigenvalue weighted by atomic mass is 32.1. The Hall–Kier alpha value is -3.68. The third kappa shape index (κ3) is 7.95. The molecule has 2 rings (SSSR count). The number of aromatic nitrogens is 1. The lowest BCUT2D eigenvalue weighted by Crippen LogP contribution is -2.32. The van der Waals surface area contributed by atoms with E-state index in [2.05, 4.69) is 24.1 Å². The van der Waals surface area contributed by atoms with Crippen molar-refractivity contribution in [2.45, 2.75) is 26.8 Å². The molecule has 0 aliphatic rings. The first kappa shape index (κ1) is 27.6. The van der Waals surface area contributed by atoms with Gasteiger partial charge in [0, 0.05) is 24.5 Å². The highest BCUT2D eigenvalue weighted by molar-refractivity contribution is 7.07. The molecule has 0 saturated heterocycles. The topological polar surface area (TPSA) is 116 Å². The van der Waals surface area contributed by atoms with Gasteiger partial charge in [-0.1, -0.05) is 25.6 Å².